The molecule has 0 aliphatic rings. The molecule has 1 atom stereocenters. The molecule has 0 aliphatic heterocycles. The second-order valence-corrected chi connectivity index (χ2v) is 6.30. The fourth-order valence-corrected chi connectivity index (χ4v) is 2.83. The lowest BCUT2D eigenvalue weighted by molar-refractivity contribution is 0.194. The standard InChI is InChI=1S/C16H20Cl2N4O/c1-11(14-5-4-13(17)8-15(14)18)22(3)16(23)19-7-6-12-9-20-21(2)10-12/h4-5,8-11H,6-7H2,1-3H3,(H,19,23). The Morgan fingerprint density at radius 1 is 1.43 bits per heavy atom. The predicted octanol–water partition coefficient (Wildman–Crippen LogP) is 3.67. The monoisotopic (exact) mass is 354 g/mol. The third-order valence-corrected chi connectivity index (χ3v) is 4.32. The van der Waals surface area contributed by atoms with Crippen molar-refractivity contribution in [3.63, 3.8) is 0 Å². The van der Waals surface area contributed by atoms with E-state index in [0.29, 0.717) is 16.6 Å². The summed E-state index contributed by atoms with van der Waals surface area (Å²) in [5, 5.41) is 8.14. The van der Waals surface area contributed by atoms with Crippen LogP contribution in [0, 0.1) is 0 Å². The quantitative estimate of drug-likeness (QED) is 0.890. The topological polar surface area (TPSA) is 50.2 Å². The molecule has 1 aromatic carbocycles. The normalized spacial score (nSPS) is 12.0. The van der Waals surface area contributed by atoms with Gasteiger partial charge in [-0.25, -0.2) is 4.79 Å². The molecule has 23 heavy (non-hydrogen) atoms. The summed E-state index contributed by atoms with van der Waals surface area (Å²) < 4.78 is 1.74. The Morgan fingerprint density at radius 2 is 2.17 bits per heavy atom. The molecule has 0 aliphatic carbocycles. The fraction of sp³-hybridized carbons (Fsp3) is 0.375. The molecular formula is C16H20Cl2N4O. The van der Waals surface area contributed by atoms with Crippen molar-refractivity contribution in [2.45, 2.75) is 19.4 Å². The van der Waals surface area contributed by atoms with Crippen LogP contribution in [0.15, 0.2) is 30.6 Å². The molecule has 1 unspecified atom stereocenters. The number of carbonyl (C=O) groups excluding carboxylic acids is 1. The van der Waals surface area contributed by atoms with Crippen molar-refractivity contribution in [2.24, 2.45) is 7.05 Å². The smallest absolute Gasteiger partial charge is 0.317 e. The molecule has 124 valence electrons. The van der Waals surface area contributed by atoms with E-state index in [9.17, 15) is 4.79 Å². The minimum Gasteiger partial charge on any atom is -0.338 e. The second kappa shape index (κ2) is 7.70. The van der Waals surface area contributed by atoms with Crippen LogP contribution in [0.5, 0.6) is 0 Å². The number of nitrogens with one attached hydrogen (secondary N) is 1. The van der Waals surface area contributed by atoms with Crippen molar-refractivity contribution in [3.05, 3.63) is 51.8 Å². The maximum atomic E-state index is 12.3. The number of urea groups is 1. The zero-order valence-electron chi connectivity index (χ0n) is 13.4. The highest BCUT2D eigenvalue weighted by Gasteiger charge is 2.19. The lowest BCUT2D eigenvalue weighted by atomic mass is 10.1. The summed E-state index contributed by atoms with van der Waals surface area (Å²) in [6.45, 7) is 2.48. The van der Waals surface area contributed by atoms with Gasteiger partial charge in [-0.2, -0.15) is 5.10 Å². The maximum Gasteiger partial charge on any atom is 0.317 e. The van der Waals surface area contributed by atoms with E-state index in [0.717, 1.165) is 17.5 Å². The van der Waals surface area contributed by atoms with Crippen LogP contribution in [-0.4, -0.2) is 34.3 Å². The molecule has 2 rings (SSSR count). The zero-order valence-corrected chi connectivity index (χ0v) is 14.9. The number of aryl methyl sites for hydroxylation is 1. The van der Waals surface area contributed by atoms with E-state index in [-0.39, 0.29) is 12.1 Å². The van der Waals surface area contributed by atoms with Gasteiger partial charge >= 0.3 is 6.03 Å². The van der Waals surface area contributed by atoms with Crippen LogP contribution in [0.2, 0.25) is 10.0 Å². The minimum absolute atomic E-state index is 0.146. The van der Waals surface area contributed by atoms with Crippen LogP contribution < -0.4 is 5.32 Å². The van der Waals surface area contributed by atoms with Gasteiger partial charge in [0.25, 0.3) is 0 Å². The first kappa shape index (κ1) is 17.6. The van der Waals surface area contributed by atoms with Gasteiger partial charge in [-0.15, -0.1) is 0 Å². The molecule has 1 heterocycles. The highest BCUT2D eigenvalue weighted by Crippen LogP contribution is 2.28. The highest BCUT2D eigenvalue weighted by molar-refractivity contribution is 6.35. The number of nitrogens with zero attached hydrogens (tertiary/aromatic N) is 3. The maximum absolute atomic E-state index is 12.3. The van der Waals surface area contributed by atoms with E-state index in [2.05, 4.69) is 10.4 Å². The SMILES string of the molecule is CC(c1ccc(Cl)cc1Cl)N(C)C(=O)NCCc1cnn(C)c1. The van der Waals surface area contributed by atoms with Crippen LogP contribution in [0.4, 0.5) is 4.79 Å². The van der Waals surface area contributed by atoms with Crippen molar-refractivity contribution < 1.29 is 4.79 Å². The average Bonchev–Trinajstić information content (AvgIpc) is 2.91. The van der Waals surface area contributed by atoms with E-state index in [1.54, 1.807) is 35.0 Å². The second-order valence-electron chi connectivity index (χ2n) is 5.46. The zero-order chi connectivity index (χ0) is 17.0. The molecule has 0 fully saturated rings. The molecule has 2 amide bonds. The van der Waals surface area contributed by atoms with Crippen molar-refractivity contribution in [3.8, 4) is 0 Å². The number of aromatic nitrogens is 2. The van der Waals surface area contributed by atoms with Gasteiger partial charge in [0.15, 0.2) is 0 Å². The Morgan fingerprint density at radius 3 is 2.78 bits per heavy atom. The van der Waals surface area contributed by atoms with Gasteiger partial charge in [0.05, 0.1) is 12.2 Å². The number of benzene rings is 1. The Labute approximate surface area is 146 Å². The Hall–Kier alpha value is -1.72. The molecule has 1 N–H and O–H groups in total. The first-order valence-corrected chi connectivity index (χ1v) is 8.07. The van der Waals surface area contributed by atoms with Gasteiger partial charge < -0.3 is 10.2 Å². The number of hydrogen-bond donors (Lipinski definition) is 1. The molecular weight excluding hydrogens is 335 g/mol. The third kappa shape index (κ3) is 4.62. The number of hydrogen-bond acceptors (Lipinski definition) is 2. The molecule has 0 saturated heterocycles. The molecule has 5 nitrogen and oxygen atoms in total. The van der Waals surface area contributed by atoms with Gasteiger partial charge in [-0.3, -0.25) is 4.68 Å². The van der Waals surface area contributed by atoms with Gasteiger partial charge in [0, 0.05) is 36.9 Å². The fourth-order valence-electron chi connectivity index (χ4n) is 2.26. The summed E-state index contributed by atoms with van der Waals surface area (Å²) in [6, 6.07) is 5.00. The van der Waals surface area contributed by atoms with Crippen molar-refractivity contribution in [2.75, 3.05) is 13.6 Å². The van der Waals surface area contributed by atoms with E-state index in [4.69, 9.17) is 23.2 Å². The lowest BCUT2D eigenvalue weighted by Crippen LogP contribution is -2.39. The molecule has 7 heteroatoms. The Kier molecular flexibility index (Phi) is 5.91. The van der Waals surface area contributed by atoms with E-state index in [1.165, 1.54) is 0 Å². The molecule has 1 aromatic heterocycles. The summed E-state index contributed by atoms with van der Waals surface area (Å²) in [5.41, 5.74) is 1.95. The summed E-state index contributed by atoms with van der Waals surface area (Å²) in [7, 11) is 3.61. The molecule has 0 saturated carbocycles. The van der Waals surface area contributed by atoms with Crippen LogP contribution >= 0.6 is 23.2 Å². The van der Waals surface area contributed by atoms with E-state index in [1.807, 2.05) is 26.2 Å². The molecule has 0 spiro atoms. The third-order valence-electron chi connectivity index (χ3n) is 3.76. The summed E-state index contributed by atoms with van der Waals surface area (Å²) in [4.78, 5) is 13.9. The number of halogens is 2. The average molecular weight is 355 g/mol. The van der Waals surface area contributed by atoms with Crippen molar-refractivity contribution in [1.29, 1.82) is 0 Å². The van der Waals surface area contributed by atoms with Crippen molar-refractivity contribution >= 4 is 29.2 Å². The Bertz CT molecular complexity index is 686. The number of carbonyl (C=O) groups is 1. The predicted molar refractivity (Wildman–Crippen MR) is 93.0 cm³/mol. The first-order chi connectivity index (χ1) is 10.9. The molecule has 0 bridgehead atoms. The first-order valence-electron chi connectivity index (χ1n) is 7.31. The Balaban J connectivity index is 1.90. The van der Waals surface area contributed by atoms with E-state index < -0.39 is 0 Å². The lowest BCUT2D eigenvalue weighted by Gasteiger charge is -2.26. The number of rotatable bonds is 5. The molecule has 2 aromatic rings. The summed E-state index contributed by atoms with van der Waals surface area (Å²) in [6.07, 6.45) is 4.47. The summed E-state index contributed by atoms with van der Waals surface area (Å²) in [5.74, 6) is 0. The van der Waals surface area contributed by atoms with Gasteiger partial charge in [-0.1, -0.05) is 29.3 Å². The van der Waals surface area contributed by atoms with Gasteiger partial charge in [0.2, 0.25) is 0 Å². The van der Waals surface area contributed by atoms with Crippen LogP contribution in [0.3, 0.4) is 0 Å². The van der Waals surface area contributed by atoms with Crippen molar-refractivity contribution in [1.82, 2.24) is 20.0 Å². The minimum atomic E-state index is -0.154. The van der Waals surface area contributed by atoms with Crippen LogP contribution in [0.25, 0.3) is 0 Å². The molecule has 0 radical (unpaired) electrons. The van der Waals surface area contributed by atoms with Gasteiger partial charge in [-0.05, 0) is 36.6 Å². The van der Waals surface area contributed by atoms with Crippen LogP contribution in [-0.2, 0) is 13.5 Å². The number of amides is 2. The largest absolute Gasteiger partial charge is 0.338 e. The van der Waals surface area contributed by atoms with E-state index >= 15 is 0 Å². The van der Waals surface area contributed by atoms with Crippen LogP contribution in [0.1, 0.15) is 24.1 Å². The summed E-state index contributed by atoms with van der Waals surface area (Å²) >= 11 is 12.1. The van der Waals surface area contributed by atoms with Gasteiger partial charge in [0.1, 0.15) is 0 Å². The highest BCUT2D eigenvalue weighted by atomic mass is 35.5.